The highest BCUT2D eigenvalue weighted by molar-refractivity contribution is 7.28. The topological polar surface area (TPSA) is 77.8 Å². The van der Waals surface area contributed by atoms with E-state index in [0.717, 1.165) is 6.08 Å². The van der Waals surface area contributed by atoms with Gasteiger partial charge in [0.25, 0.3) is 0 Å². The van der Waals surface area contributed by atoms with Crippen LogP contribution >= 0.6 is 9.24 Å². The monoisotopic (exact) mass is 212 g/mol. The summed E-state index contributed by atoms with van der Waals surface area (Å²) in [6.07, 6.45) is 2.29. The predicted octanol–water partition coefficient (Wildman–Crippen LogP) is 0.696. The Hall–Kier alpha value is -1.54. The Morgan fingerprint density at radius 3 is 2.57 bits per heavy atom. The number of carboxylic acid groups (broad SMARTS) is 1. The molecular weight excluding hydrogens is 203 g/mol. The molecular formula is C9H9O4P. The SMILES string of the molecule is O=C(O)C=Cc1ccc(O)c(O)c1P. The number of carboxylic acids is 1. The number of carbonyl (C=O) groups is 1. The second kappa shape index (κ2) is 4.11. The lowest BCUT2D eigenvalue weighted by molar-refractivity contribution is -0.131. The molecule has 0 saturated heterocycles. The van der Waals surface area contributed by atoms with Gasteiger partial charge in [0.1, 0.15) is 0 Å². The first kappa shape index (κ1) is 10.5. The van der Waals surface area contributed by atoms with Gasteiger partial charge in [0.05, 0.1) is 0 Å². The molecule has 14 heavy (non-hydrogen) atoms. The third-order valence-electron chi connectivity index (χ3n) is 1.63. The molecule has 1 unspecified atom stereocenters. The van der Waals surface area contributed by atoms with Crippen molar-refractivity contribution in [3.63, 3.8) is 0 Å². The highest BCUT2D eigenvalue weighted by atomic mass is 31.0. The van der Waals surface area contributed by atoms with Crippen molar-refractivity contribution in [3.05, 3.63) is 23.8 Å². The Morgan fingerprint density at radius 2 is 2.00 bits per heavy atom. The standard InChI is InChI=1S/C9H9O4P/c10-6-3-1-5(2-4-7(11)12)9(14)8(6)13/h1-4,10,13H,14H2,(H,11,12). The Morgan fingerprint density at radius 1 is 1.36 bits per heavy atom. The van der Waals surface area contributed by atoms with Crippen LogP contribution in [0.25, 0.3) is 6.08 Å². The summed E-state index contributed by atoms with van der Waals surface area (Å²) < 4.78 is 0. The molecule has 0 heterocycles. The van der Waals surface area contributed by atoms with Gasteiger partial charge >= 0.3 is 5.97 Å². The largest absolute Gasteiger partial charge is 0.504 e. The average molecular weight is 212 g/mol. The minimum absolute atomic E-state index is 0.234. The van der Waals surface area contributed by atoms with Crippen molar-refractivity contribution in [2.24, 2.45) is 0 Å². The molecule has 0 bridgehead atoms. The fraction of sp³-hybridized carbons (Fsp3) is 0. The molecule has 1 aromatic carbocycles. The minimum Gasteiger partial charge on any atom is -0.504 e. The number of benzene rings is 1. The van der Waals surface area contributed by atoms with Gasteiger partial charge < -0.3 is 15.3 Å². The number of hydrogen-bond donors (Lipinski definition) is 3. The lowest BCUT2D eigenvalue weighted by atomic mass is 10.2. The van der Waals surface area contributed by atoms with Crippen LogP contribution in [-0.4, -0.2) is 21.3 Å². The number of aromatic hydroxyl groups is 2. The highest BCUT2D eigenvalue weighted by Crippen LogP contribution is 2.25. The van der Waals surface area contributed by atoms with Crippen molar-refractivity contribution in [1.82, 2.24) is 0 Å². The lowest BCUT2D eigenvalue weighted by Crippen LogP contribution is -1.98. The van der Waals surface area contributed by atoms with Gasteiger partial charge in [-0.15, -0.1) is 9.24 Å². The Balaban J connectivity index is 3.12. The van der Waals surface area contributed by atoms with E-state index in [1.165, 1.54) is 18.2 Å². The van der Waals surface area contributed by atoms with Gasteiger partial charge in [0.15, 0.2) is 11.5 Å². The number of rotatable bonds is 2. The fourth-order valence-electron chi connectivity index (χ4n) is 0.919. The first-order chi connectivity index (χ1) is 6.52. The molecule has 0 amide bonds. The third kappa shape index (κ3) is 2.24. The smallest absolute Gasteiger partial charge is 0.328 e. The van der Waals surface area contributed by atoms with E-state index in [2.05, 4.69) is 9.24 Å². The Kier molecular flexibility index (Phi) is 3.10. The highest BCUT2D eigenvalue weighted by Gasteiger charge is 2.05. The van der Waals surface area contributed by atoms with E-state index in [-0.39, 0.29) is 11.5 Å². The number of phenolic OH excluding ortho intramolecular Hbond substituents is 2. The zero-order valence-corrected chi connectivity index (χ0v) is 8.29. The van der Waals surface area contributed by atoms with Crippen LogP contribution < -0.4 is 5.30 Å². The molecule has 4 nitrogen and oxygen atoms in total. The number of aliphatic carboxylic acids is 1. The maximum absolute atomic E-state index is 10.2. The van der Waals surface area contributed by atoms with Gasteiger partial charge in [-0.05, 0) is 17.7 Å². The van der Waals surface area contributed by atoms with E-state index in [1.54, 1.807) is 0 Å². The quantitative estimate of drug-likeness (QED) is 0.383. The maximum Gasteiger partial charge on any atom is 0.328 e. The molecule has 0 aliphatic heterocycles. The van der Waals surface area contributed by atoms with E-state index in [1.807, 2.05) is 0 Å². The van der Waals surface area contributed by atoms with Crippen LogP contribution in [0.1, 0.15) is 5.56 Å². The molecule has 1 rings (SSSR count). The number of phenols is 2. The normalized spacial score (nSPS) is 10.6. The molecule has 3 N–H and O–H groups in total. The van der Waals surface area contributed by atoms with Crippen LogP contribution in [0.4, 0.5) is 0 Å². The summed E-state index contributed by atoms with van der Waals surface area (Å²) in [7, 11) is 2.23. The Bertz CT molecular complexity index is 398. The summed E-state index contributed by atoms with van der Waals surface area (Å²) in [6.45, 7) is 0. The molecule has 0 radical (unpaired) electrons. The Labute approximate surface area is 82.7 Å². The van der Waals surface area contributed by atoms with Gasteiger partial charge in [-0.3, -0.25) is 0 Å². The summed E-state index contributed by atoms with van der Waals surface area (Å²) in [4.78, 5) is 10.2. The molecule has 0 aliphatic rings. The second-order valence-corrected chi connectivity index (χ2v) is 3.19. The van der Waals surface area contributed by atoms with Gasteiger partial charge in [0, 0.05) is 11.4 Å². The van der Waals surface area contributed by atoms with Gasteiger partial charge in [-0.25, -0.2) is 4.79 Å². The number of hydrogen-bond acceptors (Lipinski definition) is 3. The van der Waals surface area contributed by atoms with E-state index in [0.29, 0.717) is 10.9 Å². The summed E-state index contributed by atoms with van der Waals surface area (Å²) in [6, 6.07) is 2.81. The summed E-state index contributed by atoms with van der Waals surface area (Å²) in [5.74, 6) is -1.56. The van der Waals surface area contributed by atoms with E-state index in [9.17, 15) is 9.90 Å². The van der Waals surface area contributed by atoms with Crippen LogP contribution in [0.15, 0.2) is 18.2 Å². The zero-order chi connectivity index (χ0) is 10.7. The first-order valence-corrected chi connectivity index (χ1v) is 4.31. The van der Waals surface area contributed by atoms with Crippen molar-refractivity contribution in [2.75, 3.05) is 0 Å². The van der Waals surface area contributed by atoms with Gasteiger partial charge in [-0.2, -0.15) is 0 Å². The van der Waals surface area contributed by atoms with Gasteiger partial charge in [0.2, 0.25) is 0 Å². The van der Waals surface area contributed by atoms with Crippen LogP contribution in [0.2, 0.25) is 0 Å². The summed E-state index contributed by atoms with van der Waals surface area (Å²) in [5.41, 5.74) is 0.521. The van der Waals surface area contributed by atoms with Crippen molar-refractivity contribution in [1.29, 1.82) is 0 Å². The van der Waals surface area contributed by atoms with Crippen LogP contribution in [0.5, 0.6) is 11.5 Å². The second-order valence-electron chi connectivity index (χ2n) is 2.61. The zero-order valence-electron chi connectivity index (χ0n) is 7.14. The maximum atomic E-state index is 10.2. The summed E-state index contributed by atoms with van der Waals surface area (Å²) >= 11 is 0. The summed E-state index contributed by atoms with van der Waals surface area (Å²) in [5, 5.41) is 27.1. The van der Waals surface area contributed by atoms with Crippen LogP contribution in [-0.2, 0) is 4.79 Å². The van der Waals surface area contributed by atoms with Gasteiger partial charge in [-0.1, -0.05) is 6.07 Å². The molecule has 0 fully saturated rings. The average Bonchev–Trinajstić information content (AvgIpc) is 2.13. The molecule has 0 spiro atoms. The molecule has 1 aromatic rings. The molecule has 0 aromatic heterocycles. The van der Waals surface area contributed by atoms with E-state index in [4.69, 9.17) is 10.2 Å². The van der Waals surface area contributed by atoms with Crippen molar-refractivity contribution >= 4 is 26.6 Å². The van der Waals surface area contributed by atoms with E-state index >= 15 is 0 Å². The van der Waals surface area contributed by atoms with Crippen LogP contribution in [0.3, 0.4) is 0 Å². The molecule has 0 aliphatic carbocycles. The van der Waals surface area contributed by atoms with Crippen molar-refractivity contribution < 1.29 is 20.1 Å². The van der Waals surface area contributed by atoms with Crippen molar-refractivity contribution in [3.8, 4) is 11.5 Å². The molecule has 0 saturated carbocycles. The third-order valence-corrected chi connectivity index (χ3v) is 2.24. The van der Waals surface area contributed by atoms with Crippen LogP contribution in [0, 0.1) is 0 Å². The van der Waals surface area contributed by atoms with Crippen molar-refractivity contribution in [2.45, 2.75) is 0 Å². The first-order valence-electron chi connectivity index (χ1n) is 3.73. The molecule has 74 valence electrons. The lowest BCUT2D eigenvalue weighted by Gasteiger charge is -2.04. The molecule has 5 heteroatoms. The fourth-order valence-corrected chi connectivity index (χ4v) is 1.26. The molecule has 1 atom stereocenters. The van der Waals surface area contributed by atoms with E-state index < -0.39 is 5.97 Å². The predicted molar refractivity (Wildman–Crippen MR) is 55.8 cm³/mol. The minimum atomic E-state index is -1.07.